The summed E-state index contributed by atoms with van der Waals surface area (Å²) in [6.45, 7) is 0.878. The van der Waals surface area contributed by atoms with Gasteiger partial charge in [0, 0.05) is 4.47 Å². The minimum atomic E-state index is -0.260. The zero-order chi connectivity index (χ0) is 14.1. The highest BCUT2D eigenvalue weighted by Gasteiger charge is 2.21. The van der Waals surface area contributed by atoms with Gasteiger partial charge in [-0.15, -0.1) is 0 Å². The van der Waals surface area contributed by atoms with Crippen molar-refractivity contribution in [3.05, 3.63) is 27.1 Å². The molecule has 0 radical (unpaired) electrons. The zero-order valence-electron chi connectivity index (χ0n) is 10.8. The monoisotopic (exact) mass is 338 g/mol. The van der Waals surface area contributed by atoms with Gasteiger partial charge in [-0.25, -0.2) is 4.79 Å². The number of hydrogen-bond acceptors (Lipinski definition) is 3. The highest BCUT2D eigenvalue weighted by Crippen LogP contribution is 2.26. The van der Waals surface area contributed by atoms with Gasteiger partial charge in [0.15, 0.2) is 0 Å². The molecule has 1 saturated heterocycles. The minimum Gasteiger partial charge on any atom is -0.324 e. The molecule has 0 unspecified atom stereocenters. The third-order valence-electron chi connectivity index (χ3n) is 3.49. The first-order valence-corrected chi connectivity index (χ1v) is 7.38. The lowest BCUT2D eigenvalue weighted by molar-refractivity contribution is -0.118. The predicted octanol–water partition coefficient (Wildman–Crippen LogP) is 1.70. The van der Waals surface area contributed by atoms with Crippen molar-refractivity contribution in [2.75, 3.05) is 11.9 Å². The van der Waals surface area contributed by atoms with Crippen LogP contribution in [0.1, 0.15) is 19.3 Å². The van der Waals surface area contributed by atoms with Crippen LogP contribution in [0.15, 0.2) is 21.4 Å². The Bertz CT molecular complexity index is 700. The molecule has 0 saturated carbocycles. The Morgan fingerprint density at radius 3 is 2.70 bits per heavy atom. The average molecular weight is 339 g/mol. The molecule has 1 fully saturated rings. The van der Waals surface area contributed by atoms with Crippen molar-refractivity contribution in [1.29, 1.82) is 0 Å². The molecule has 106 valence electrons. The van der Waals surface area contributed by atoms with Crippen LogP contribution in [-0.4, -0.2) is 28.5 Å². The Labute approximate surface area is 123 Å². The van der Waals surface area contributed by atoms with Gasteiger partial charge in [-0.1, -0.05) is 6.42 Å². The van der Waals surface area contributed by atoms with Crippen molar-refractivity contribution in [2.45, 2.75) is 25.3 Å². The highest BCUT2D eigenvalue weighted by atomic mass is 79.9. The summed E-state index contributed by atoms with van der Waals surface area (Å²) in [6.07, 6.45) is 3.03. The predicted molar refractivity (Wildman–Crippen MR) is 80.9 cm³/mol. The molecule has 6 nitrogen and oxygen atoms in total. The molecular formula is C13H15BrN4O2. The summed E-state index contributed by atoms with van der Waals surface area (Å²) in [5, 5.41) is 6.11. The van der Waals surface area contributed by atoms with E-state index in [0.29, 0.717) is 16.7 Å². The topological polar surface area (TPSA) is 89.8 Å². The first-order chi connectivity index (χ1) is 9.63. The first-order valence-electron chi connectivity index (χ1n) is 6.59. The molecule has 3 rings (SSSR count). The third-order valence-corrected chi connectivity index (χ3v) is 4.14. The number of carbonyl (C=O) groups excluding carboxylic acids is 1. The number of imidazole rings is 1. The molecular weight excluding hydrogens is 324 g/mol. The van der Waals surface area contributed by atoms with E-state index in [-0.39, 0.29) is 17.6 Å². The molecule has 1 aliphatic heterocycles. The number of nitrogens with one attached hydrogen (secondary N) is 4. The molecule has 1 aromatic carbocycles. The Morgan fingerprint density at radius 2 is 2.00 bits per heavy atom. The SMILES string of the molecule is O=C(Nc1cc2[nH]c(=O)[nH]c2cc1Br)[C@@H]1CCCCN1. The van der Waals surface area contributed by atoms with Gasteiger partial charge in [-0.05, 0) is 47.4 Å². The molecule has 1 aromatic heterocycles. The van der Waals surface area contributed by atoms with Gasteiger partial charge >= 0.3 is 5.69 Å². The maximum absolute atomic E-state index is 12.2. The lowest BCUT2D eigenvalue weighted by atomic mass is 10.0. The lowest BCUT2D eigenvalue weighted by Crippen LogP contribution is -2.43. The molecule has 1 amide bonds. The normalized spacial score (nSPS) is 19.1. The second kappa shape index (κ2) is 5.41. The highest BCUT2D eigenvalue weighted by molar-refractivity contribution is 9.10. The molecule has 2 heterocycles. The summed E-state index contributed by atoms with van der Waals surface area (Å²) >= 11 is 3.41. The van der Waals surface area contributed by atoms with Crippen molar-refractivity contribution in [2.24, 2.45) is 0 Å². The maximum atomic E-state index is 12.2. The molecule has 20 heavy (non-hydrogen) atoms. The van der Waals surface area contributed by atoms with Crippen LogP contribution in [0.2, 0.25) is 0 Å². The van der Waals surface area contributed by atoms with Gasteiger partial charge in [-0.2, -0.15) is 0 Å². The second-order valence-electron chi connectivity index (χ2n) is 4.95. The minimum absolute atomic E-state index is 0.0392. The summed E-state index contributed by atoms with van der Waals surface area (Å²) < 4.78 is 0.740. The Morgan fingerprint density at radius 1 is 1.25 bits per heavy atom. The van der Waals surface area contributed by atoms with Crippen molar-refractivity contribution >= 4 is 38.6 Å². The number of piperidine rings is 1. The van der Waals surface area contributed by atoms with Crippen molar-refractivity contribution in [3.63, 3.8) is 0 Å². The summed E-state index contributed by atoms with van der Waals surface area (Å²) in [6, 6.07) is 3.38. The van der Waals surface area contributed by atoms with E-state index in [2.05, 4.69) is 36.5 Å². The van der Waals surface area contributed by atoms with Crippen LogP contribution in [0.4, 0.5) is 5.69 Å². The van der Waals surface area contributed by atoms with E-state index in [1.165, 1.54) is 0 Å². The molecule has 0 spiro atoms. The van der Waals surface area contributed by atoms with E-state index in [4.69, 9.17) is 0 Å². The number of H-pyrrole nitrogens is 2. The van der Waals surface area contributed by atoms with E-state index in [9.17, 15) is 9.59 Å². The number of rotatable bonds is 2. The summed E-state index contributed by atoms with van der Waals surface area (Å²) in [5.41, 5.74) is 1.77. The van der Waals surface area contributed by atoms with Crippen LogP contribution in [0.25, 0.3) is 11.0 Å². The fraction of sp³-hybridized carbons (Fsp3) is 0.385. The number of aromatic amines is 2. The van der Waals surface area contributed by atoms with E-state index >= 15 is 0 Å². The van der Waals surface area contributed by atoms with Crippen molar-refractivity contribution < 1.29 is 4.79 Å². The number of halogens is 1. The number of amides is 1. The third kappa shape index (κ3) is 2.64. The quantitative estimate of drug-likeness (QED) is 0.671. The van der Waals surface area contributed by atoms with Crippen molar-refractivity contribution in [1.82, 2.24) is 15.3 Å². The van der Waals surface area contributed by atoms with E-state index < -0.39 is 0 Å². The summed E-state index contributed by atoms with van der Waals surface area (Å²) in [7, 11) is 0. The van der Waals surface area contributed by atoms with Crippen LogP contribution in [-0.2, 0) is 4.79 Å². The fourth-order valence-electron chi connectivity index (χ4n) is 2.45. The zero-order valence-corrected chi connectivity index (χ0v) is 12.3. The first kappa shape index (κ1) is 13.4. The molecule has 0 aliphatic carbocycles. The van der Waals surface area contributed by atoms with E-state index in [1.807, 2.05) is 0 Å². The van der Waals surface area contributed by atoms with Gasteiger partial charge in [0.1, 0.15) is 0 Å². The van der Waals surface area contributed by atoms with Crippen LogP contribution in [0.5, 0.6) is 0 Å². The number of benzene rings is 1. The number of anilines is 1. The van der Waals surface area contributed by atoms with Gasteiger partial charge in [0.2, 0.25) is 5.91 Å². The van der Waals surface area contributed by atoms with Crippen LogP contribution in [0.3, 0.4) is 0 Å². The van der Waals surface area contributed by atoms with Crippen LogP contribution < -0.4 is 16.3 Å². The standard InChI is InChI=1S/C13H15BrN4O2/c14-7-5-10-11(18-13(20)17-10)6-9(7)16-12(19)8-3-1-2-4-15-8/h5-6,8,15H,1-4H2,(H,16,19)(H2,17,18,20)/t8-/m0/s1. The van der Waals surface area contributed by atoms with Gasteiger partial charge in [0.05, 0.1) is 22.8 Å². The van der Waals surface area contributed by atoms with E-state index in [1.54, 1.807) is 12.1 Å². The molecule has 1 aliphatic rings. The average Bonchev–Trinajstić information content (AvgIpc) is 2.79. The van der Waals surface area contributed by atoms with Gasteiger partial charge in [-0.3, -0.25) is 4.79 Å². The summed E-state index contributed by atoms with van der Waals surface area (Å²) in [4.78, 5) is 28.8. The Kier molecular flexibility index (Phi) is 3.62. The van der Waals surface area contributed by atoms with Crippen molar-refractivity contribution in [3.8, 4) is 0 Å². The molecule has 4 N–H and O–H groups in total. The summed E-state index contributed by atoms with van der Waals surface area (Å²) in [5.74, 6) is -0.0392. The lowest BCUT2D eigenvalue weighted by Gasteiger charge is -2.22. The van der Waals surface area contributed by atoms with E-state index in [0.717, 1.165) is 30.3 Å². The van der Waals surface area contributed by atoms with Gasteiger partial charge in [0.25, 0.3) is 0 Å². The molecule has 1 atom stereocenters. The molecule has 7 heteroatoms. The second-order valence-corrected chi connectivity index (χ2v) is 5.80. The van der Waals surface area contributed by atoms with Crippen LogP contribution in [0, 0.1) is 0 Å². The number of aromatic nitrogens is 2. The number of fused-ring (bicyclic) bond motifs is 1. The maximum Gasteiger partial charge on any atom is 0.323 e. The number of carbonyl (C=O) groups is 1. The Balaban J connectivity index is 1.84. The number of hydrogen-bond donors (Lipinski definition) is 4. The Hall–Kier alpha value is -1.60. The fourth-order valence-corrected chi connectivity index (χ4v) is 2.89. The van der Waals surface area contributed by atoms with Crippen LogP contribution >= 0.6 is 15.9 Å². The smallest absolute Gasteiger partial charge is 0.323 e. The largest absolute Gasteiger partial charge is 0.324 e. The molecule has 0 bridgehead atoms. The van der Waals surface area contributed by atoms with Gasteiger partial charge < -0.3 is 20.6 Å². The molecule has 2 aromatic rings.